The van der Waals surface area contributed by atoms with Crippen molar-refractivity contribution in [2.75, 3.05) is 32.0 Å². The van der Waals surface area contributed by atoms with Gasteiger partial charge < -0.3 is 10.1 Å². The molecule has 1 heterocycles. The van der Waals surface area contributed by atoms with E-state index in [1.54, 1.807) is 6.07 Å². The third kappa shape index (κ3) is 6.72. The zero-order valence-corrected chi connectivity index (χ0v) is 17.9. The van der Waals surface area contributed by atoms with Gasteiger partial charge in [-0.1, -0.05) is 18.9 Å². The normalized spacial score (nSPS) is 21.1. The SMILES string of the molecule is O=C(CCCS(=O)(=O)C1CCCC1)NC[C@H]1CN(Cc2ccc(F)c(F)c2)CCO1. The van der Waals surface area contributed by atoms with Crippen LogP contribution >= 0.6 is 0 Å². The Hall–Kier alpha value is -1.58. The van der Waals surface area contributed by atoms with Gasteiger partial charge in [0, 0.05) is 32.6 Å². The number of halogens is 2. The van der Waals surface area contributed by atoms with Crippen LogP contribution in [0.5, 0.6) is 0 Å². The van der Waals surface area contributed by atoms with Crippen molar-refractivity contribution in [2.45, 2.75) is 56.4 Å². The van der Waals surface area contributed by atoms with Crippen LogP contribution < -0.4 is 5.32 Å². The van der Waals surface area contributed by atoms with E-state index in [1.807, 2.05) is 0 Å². The van der Waals surface area contributed by atoms with Gasteiger partial charge in [-0.3, -0.25) is 9.69 Å². The van der Waals surface area contributed by atoms with E-state index >= 15 is 0 Å². The minimum absolute atomic E-state index is 0.0625. The van der Waals surface area contributed by atoms with Gasteiger partial charge >= 0.3 is 0 Å². The summed E-state index contributed by atoms with van der Waals surface area (Å²) in [5.74, 6) is -1.85. The molecule has 1 aromatic rings. The Morgan fingerprint density at radius 2 is 1.97 bits per heavy atom. The maximum atomic E-state index is 13.4. The highest BCUT2D eigenvalue weighted by Gasteiger charge is 2.28. The second-order valence-electron chi connectivity index (χ2n) is 8.16. The Morgan fingerprint density at radius 1 is 1.20 bits per heavy atom. The lowest BCUT2D eigenvalue weighted by molar-refractivity contribution is -0.122. The Balaban J connectivity index is 1.36. The van der Waals surface area contributed by atoms with Crippen LogP contribution in [0.15, 0.2) is 18.2 Å². The number of rotatable bonds is 9. The van der Waals surface area contributed by atoms with Gasteiger partial charge in [0.25, 0.3) is 0 Å². The van der Waals surface area contributed by atoms with Gasteiger partial charge in [0.1, 0.15) is 0 Å². The first-order valence-corrected chi connectivity index (χ1v) is 12.3. The van der Waals surface area contributed by atoms with Gasteiger partial charge in [0.15, 0.2) is 21.5 Å². The van der Waals surface area contributed by atoms with Crippen molar-refractivity contribution in [3.8, 4) is 0 Å². The first-order chi connectivity index (χ1) is 14.3. The number of hydrogen-bond donors (Lipinski definition) is 1. The first kappa shape index (κ1) is 23.1. The zero-order valence-electron chi connectivity index (χ0n) is 17.1. The summed E-state index contributed by atoms with van der Waals surface area (Å²) in [7, 11) is -3.10. The van der Waals surface area contributed by atoms with Crippen molar-refractivity contribution in [1.29, 1.82) is 0 Å². The van der Waals surface area contributed by atoms with Crippen LogP contribution in [0.1, 0.15) is 44.1 Å². The fourth-order valence-corrected chi connectivity index (χ4v) is 6.04. The third-order valence-corrected chi connectivity index (χ3v) is 8.13. The molecule has 1 saturated carbocycles. The highest BCUT2D eigenvalue weighted by molar-refractivity contribution is 7.92. The summed E-state index contributed by atoms with van der Waals surface area (Å²) in [6.45, 7) is 2.54. The molecule has 6 nitrogen and oxygen atoms in total. The molecular formula is C21H30F2N2O4S. The standard InChI is InChI=1S/C21H30F2N2O4S/c22-19-8-7-16(12-20(19)23)14-25-9-10-29-17(15-25)13-24-21(26)6-3-11-30(27,28)18-4-1-2-5-18/h7-8,12,17-18H,1-6,9-11,13-15H2,(H,24,26)/t17-/m0/s1. The lowest BCUT2D eigenvalue weighted by atomic mass is 10.1. The van der Waals surface area contributed by atoms with Crippen LogP contribution in [0.2, 0.25) is 0 Å². The number of carbonyl (C=O) groups excluding carboxylic acids is 1. The summed E-state index contributed by atoms with van der Waals surface area (Å²) in [5.41, 5.74) is 0.682. The highest BCUT2D eigenvalue weighted by atomic mass is 32.2. The summed E-state index contributed by atoms with van der Waals surface area (Å²) in [6, 6.07) is 3.88. The first-order valence-electron chi connectivity index (χ1n) is 10.6. The van der Waals surface area contributed by atoms with Gasteiger partial charge in [-0.25, -0.2) is 17.2 Å². The Labute approximate surface area is 176 Å². The zero-order chi connectivity index (χ0) is 21.6. The van der Waals surface area contributed by atoms with Crippen LogP contribution in [0.4, 0.5) is 8.78 Å². The van der Waals surface area contributed by atoms with E-state index in [-0.39, 0.29) is 29.4 Å². The maximum Gasteiger partial charge on any atom is 0.220 e. The molecule has 1 aromatic carbocycles. The lowest BCUT2D eigenvalue weighted by Gasteiger charge is -2.33. The number of hydrogen-bond acceptors (Lipinski definition) is 5. The molecule has 1 amide bonds. The molecule has 3 rings (SSSR count). The van der Waals surface area contributed by atoms with Crippen LogP contribution in [0, 0.1) is 11.6 Å². The van der Waals surface area contributed by atoms with Crippen molar-refractivity contribution in [2.24, 2.45) is 0 Å². The highest BCUT2D eigenvalue weighted by Crippen LogP contribution is 2.25. The van der Waals surface area contributed by atoms with E-state index < -0.39 is 21.5 Å². The number of ether oxygens (including phenoxy) is 1. The molecule has 0 spiro atoms. The van der Waals surface area contributed by atoms with Crippen LogP contribution in [0.3, 0.4) is 0 Å². The topological polar surface area (TPSA) is 75.7 Å². The molecule has 30 heavy (non-hydrogen) atoms. The molecule has 0 radical (unpaired) electrons. The quantitative estimate of drug-likeness (QED) is 0.633. The fourth-order valence-electron chi connectivity index (χ4n) is 4.11. The van der Waals surface area contributed by atoms with E-state index in [9.17, 15) is 22.0 Å². The molecule has 1 aliphatic carbocycles. The summed E-state index contributed by atoms with van der Waals surface area (Å²) in [4.78, 5) is 14.2. The van der Waals surface area contributed by atoms with Crippen LogP contribution in [-0.2, 0) is 25.9 Å². The molecular weight excluding hydrogens is 414 g/mol. The predicted molar refractivity (Wildman–Crippen MR) is 110 cm³/mol. The minimum Gasteiger partial charge on any atom is -0.374 e. The van der Waals surface area contributed by atoms with E-state index in [0.717, 1.165) is 31.7 Å². The van der Waals surface area contributed by atoms with Crippen molar-refractivity contribution in [3.63, 3.8) is 0 Å². The van der Waals surface area contributed by atoms with Crippen molar-refractivity contribution < 1.29 is 26.7 Å². The number of amides is 1. The predicted octanol–water partition coefficient (Wildman–Crippen LogP) is 2.42. The van der Waals surface area contributed by atoms with Gasteiger partial charge in [0.2, 0.25) is 5.91 Å². The summed E-state index contributed by atoms with van der Waals surface area (Å²) in [6.07, 6.45) is 3.74. The van der Waals surface area contributed by atoms with Gasteiger partial charge in [-0.2, -0.15) is 0 Å². The number of nitrogens with one attached hydrogen (secondary N) is 1. The monoisotopic (exact) mass is 444 g/mol. The molecule has 168 valence electrons. The van der Waals surface area contributed by atoms with Gasteiger partial charge in [-0.05, 0) is 37.0 Å². The second-order valence-corrected chi connectivity index (χ2v) is 10.6. The van der Waals surface area contributed by atoms with Crippen LogP contribution in [0.25, 0.3) is 0 Å². The maximum absolute atomic E-state index is 13.4. The van der Waals surface area contributed by atoms with Gasteiger partial charge in [0.05, 0.1) is 23.7 Å². The van der Waals surface area contributed by atoms with E-state index in [4.69, 9.17) is 4.74 Å². The summed E-state index contributed by atoms with van der Waals surface area (Å²) < 4.78 is 56.6. The smallest absolute Gasteiger partial charge is 0.220 e. The summed E-state index contributed by atoms with van der Waals surface area (Å²) >= 11 is 0. The molecule has 9 heteroatoms. The van der Waals surface area contributed by atoms with E-state index in [2.05, 4.69) is 10.2 Å². The third-order valence-electron chi connectivity index (χ3n) is 5.78. The second kappa shape index (κ2) is 10.6. The Morgan fingerprint density at radius 3 is 2.70 bits per heavy atom. The number of benzene rings is 1. The molecule has 2 aliphatic rings. The Kier molecular flexibility index (Phi) is 8.19. The largest absolute Gasteiger partial charge is 0.374 e. The van der Waals surface area contributed by atoms with E-state index in [1.165, 1.54) is 6.07 Å². The van der Waals surface area contributed by atoms with Crippen molar-refractivity contribution in [1.82, 2.24) is 10.2 Å². The van der Waals surface area contributed by atoms with E-state index in [0.29, 0.717) is 44.8 Å². The molecule has 1 N–H and O–H groups in total. The average molecular weight is 445 g/mol. The molecule has 1 saturated heterocycles. The lowest BCUT2D eigenvalue weighted by Crippen LogP contribution is -2.47. The molecule has 1 aliphatic heterocycles. The Bertz CT molecular complexity index is 828. The van der Waals surface area contributed by atoms with Gasteiger partial charge in [-0.15, -0.1) is 0 Å². The summed E-state index contributed by atoms with van der Waals surface area (Å²) in [5, 5.41) is 2.59. The molecule has 1 atom stereocenters. The number of nitrogens with zero attached hydrogens (tertiary/aromatic N) is 1. The molecule has 2 fully saturated rings. The molecule has 0 bridgehead atoms. The van der Waals surface area contributed by atoms with Crippen molar-refractivity contribution in [3.05, 3.63) is 35.4 Å². The number of sulfone groups is 1. The van der Waals surface area contributed by atoms with Crippen LogP contribution in [-0.4, -0.2) is 62.6 Å². The number of carbonyl (C=O) groups is 1. The minimum atomic E-state index is -3.10. The molecule has 0 aromatic heterocycles. The van der Waals surface area contributed by atoms with Crippen molar-refractivity contribution >= 4 is 15.7 Å². The molecule has 0 unspecified atom stereocenters. The average Bonchev–Trinajstić information content (AvgIpc) is 3.25. The fraction of sp³-hybridized carbons (Fsp3) is 0.667. The number of morpholine rings is 1.